The molecular formula is C23H26IN5O4. The lowest BCUT2D eigenvalue weighted by Gasteiger charge is -2.26. The number of aromatic nitrogens is 3. The number of anilines is 1. The Hall–Kier alpha value is -2.65. The highest BCUT2D eigenvalue weighted by atomic mass is 127. The quantitative estimate of drug-likeness (QED) is 0.338. The van der Waals surface area contributed by atoms with Crippen LogP contribution in [0.15, 0.2) is 18.2 Å². The number of amides is 2. The molecule has 0 unspecified atom stereocenters. The maximum Gasteiger partial charge on any atom is 0.301 e. The van der Waals surface area contributed by atoms with Crippen molar-refractivity contribution in [3.63, 3.8) is 0 Å². The van der Waals surface area contributed by atoms with Gasteiger partial charge in [0, 0.05) is 19.0 Å². The molecule has 1 atom stereocenters. The topological polar surface area (TPSA) is 112 Å². The number of hydrogen-bond acceptors (Lipinski definition) is 6. The molecule has 10 heteroatoms. The molecule has 0 saturated heterocycles. The lowest BCUT2D eigenvalue weighted by atomic mass is 9.85. The Morgan fingerprint density at radius 3 is 2.82 bits per heavy atom. The van der Waals surface area contributed by atoms with E-state index in [-0.39, 0.29) is 18.3 Å². The normalized spacial score (nSPS) is 19.6. The molecule has 0 bridgehead atoms. The van der Waals surface area contributed by atoms with Crippen LogP contribution in [-0.4, -0.2) is 60.5 Å². The number of carbonyl (C=O) groups excluding carboxylic acids is 2. The highest BCUT2D eigenvalue weighted by molar-refractivity contribution is 14.1. The van der Waals surface area contributed by atoms with Gasteiger partial charge in [0.2, 0.25) is 5.82 Å². The van der Waals surface area contributed by atoms with Crippen molar-refractivity contribution in [2.45, 2.75) is 57.1 Å². The molecule has 1 aromatic heterocycles. The third kappa shape index (κ3) is 4.99. The number of nitrogens with one attached hydrogen (secondary N) is 1. The molecule has 0 spiro atoms. The fourth-order valence-electron chi connectivity index (χ4n) is 3.97. The van der Waals surface area contributed by atoms with Crippen LogP contribution in [0.4, 0.5) is 5.69 Å². The zero-order valence-corrected chi connectivity index (χ0v) is 20.8. The number of aryl methyl sites for hydroxylation is 1. The van der Waals surface area contributed by atoms with Crippen LogP contribution in [-0.2, 0) is 11.2 Å². The van der Waals surface area contributed by atoms with Gasteiger partial charge in [-0.1, -0.05) is 25.2 Å². The third-order valence-corrected chi connectivity index (χ3v) is 7.10. The van der Waals surface area contributed by atoms with Crippen LogP contribution in [0.5, 0.6) is 5.75 Å². The van der Waals surface area contributed by atoms with E-state index in [1.165, 1.54) is 8.01 Å². The van der Waals surface area contributed by atoms with Crippen molar-refractivity contribution >= 4 is 40.4 Å². The summed E-state index contributed by atoms with van der Waals surface area (Å²) in [6.07, 6.45) is 5.05. The highest BCUT2D eigenvalue weighted by Crippen LogP contribution is 2.33. The number of halogens is 1. The number of nitrogens with zero attached hydrogens (tertiary/aromatic N) is 4. The number of ether oxygens (including phenoxy) is 1. The predicted octanol–water partition coefficient (Wildman–Crippen LogP) is 2.63. The second kappa shape index (κ2) is 9.69. The molecule has 4 rings (SSSR count). The van der Waals surface area contributed by atoms with Gasteiger partial charge < -0.3 is 19.7 Å². The standard InChI is InChI=1S/C23H26IN5O4/c1-3-19-25-20(27-26-19)22(31)29(24)17-14-33-18-8-7-15(13-16(18)28(2)21(17)30)9-12-23(32)10-5-4-6-11-23/h7-8,13,17,32H,3-6,10-11,14H2,1-2H3,(H,25,26,27)/t17-/m0/s1. The van der Waals surface area contributed by atoms with Gasteiger partial charge in [-0.3, -0.25) is 12.7 Å². The maximum atomic E-state index is 13.2. The van der Waals surface area contributed by atoms with Gasteiger partial charge in [0.1, 0.15) is 23.8 Å². The third-order valence-electron chi connectivity index (χ3n) is 5.99. The number of H-pyrrole nitrogens is 1. The second-order valence-electron chi connectivity index (χ2n) is 8.34. The van der Waals surface area contributed by atoms with Crippen molar-refractivity contribution < 1.29 is 19.4 Å². The SMILES string of the molecule is CCc1nnc(C(=O)N(I)[C@H]2COc3ccc(C#CC4(O)CCCCC4)cc3N(C)C2=O)[nH]1. The van der Waals surface area contributed by atoms with Gasteiger partial charge in [-0.25, -0.2) is 0 Å². The average Bonchev–Trinajstić information content (AvgIpc) is 3.27. The largest absolute Gasteiger partial charge is 0.489 e. The van der Waals surface area contributed by atoms with E-state index in [0.717, 1.165) is 19.3 Å². The van der Waals surface area contributed by atoms with Gasteiger partial charge in [0.05, 0.1) is 28.6 Å². The number of hydrogen-bond donors (Lipinski definition) is 2. The molecule has 33 heavy (non-hydrogen) atoms. The molecule has 2 heterocycles. The Labute approximate surface area is 206 Å². The number of aromatic amines is 1. The Kier molecular flexibility index (Phi) is 6.90. The smallest absolute Gasteiger partial charge is 0.301 e. The Bertz CT molecular complexity index is 1120. The minimum Gasteiger partial charge on any atom is -0.489 e. The predicted molar refractivity (Wildman–Crippen MR) is 130 cm³/mol. The molecule has 2 amide bonds. The first-order valence-electron chi connectivity index (χ1n) is 11.0. The monoisotopic (exact) mass is 563 g/mol. The van der Waals surface area contributed by atoms with Crippen molar-refractivity contribution in [1.29, 1.82) is 0 Å². The molecule has 1 saturated carbocycles. The molecule has 1 fully saturated rings. The van der Waals surface area contributed by atoms with E-state index in [0.29, 0.717) is 42.1 Å². The molecular weight excluding hydrogens is 537 g/mol. The van der Waals surface area contributed by atoms with Crippen LogP contribution < -0.4 is 9.64 Å². The first-order valence-corrected chi connectivity index (χ1v) is 12.0. The number of aliphatic hydroxyl groups is 1. The van der Waals surface area contributed by atoms with Gasteiger partial charge in [-0.2, -0.15) is 0 Å². The summed E-state index contributed by atoms with van der Waals surface area (Å²) in [7, 11) is 1.65. The van der Waals surface area contributed by atoms with Gasteiger partial charge in [-0.15, -0.1) is 10.2 Å². The molecule has 2 aliphatic rings. The minimum absolute atomic E-state index is 0.00437. The summed E-state index contributed by atoms with van der Waals surface area (Å²) in [5.41, 5.74) is 0.301. The Morgan fingerprint density at radius 1 is 1.36 bits per heavy atom. The van der Waals surface area contributed by atoms with E-state index in [1.54, 1.807) is 19.2 Å². The van der Waals surface area contributed by atoms with E-state index in [4.69, 9.17) is 4.74 Å². The first-order chi connectivity index (χ1) is 15.8. The number of benzene rings is 1. The summed E-state index contributed by atoms with van der Waals surface area (Å²) in [4.78, 5) is 30.4. The van der Waals surface area contributed by atoms with Crippen LogP contribution >= 0.6 is 22.9 Å². The number of fused-ring (bicyclic) bond motifs is 1. The van der Waals surface area contributed by atoms with Gasteiger partial charge >= 0.3 is 5.91 Å². The summed E-state index contributed by atoms with van der Waals surface area (Å²) in [6, 6.07) is 4.51. The number of rotatable bonds is 3. The van der Waals surface area contributed by atoms with Gasteiger partial charge in [-0.05, 0) is 43.9 Å². The molecule has 9 nitrogen and oxygen atoms in total. The highest BCUT2D eigenvalue weighted by Gasteiger charge is 2.37. The fourth-order valence-corrected chi connectivity index (χ4v) is 4.60. The van der Waals surface area contributed by atoms with Crippen LogP contribution in [0.3, 0.4) is 0 Å². The van der Waals surface area contributed by atoms with Crippen molar-refractivity contribution in [1.82, 2.24) is 18.3 Å². The van der Waals surface area contributed by atoms with Crippen LogP contribution in [0, 0.1) is 11.8 Å². The zero-order valence-electron chi connectivity index (χ0n) is 18.6. The minimum atomic E-state index is -0.950. The Morgan fingerprint density at radius 2 is 2.12 bits per heavy atom. The molecule has 1 aliphatic heterocycles. The summed E-state index contributed by atoms with van der Waals surface area (Å²) in [6.45, 7) is 1.91. The summed E-state index contributed by atoms with van der Waals surface area (Å²) < 4.78 is 7.19. The summed E-state index contributed by atoms with van der Waals surface area (Å²) in [5, 5.41) is 18.5. The lowest BCUT2D eigenvalue weighted by Crippen LogP contribution is -2.47. The lowest BCUT2D eigenvalue weighted by molar-refractivity contribution is -0.121. The maximum absolute atomic E-state index is 13.2. The van der Waals surface area contributed by atoms with Crippen LogP contribution in [0.2, 0.25) is 0 Å². The van der Waals surface area contributed by atoms with Gasteiger partial charge in [0.15, 0.2) is 6.04 Å². The first kappa shape index (κ1) is 23.5. The van der Waals surface area contributed by atoms with Crippen molar-refractivity contribution in [3.05, 3.63) is 35.4 Å². The van der Waals surface area contributed by atoms with E-state index in [9.17, 15) is 14.7 Å². The van der Waals surface area contributed by atoms with Crippen molar-refractivity contribution in [3.8, 4) is 17.6 Å². The van der Waals surface area contributed by atoms with Crippen LogP contribution in [0.1, 0.15) is 61.0 Å². The van der Waals surface area contributed by atoms with E-state index in [1.807, 2.05) is 35.9 Å². The number of likely N-dealkylation sites (N-methyl/N-ethyl adjacent to an activating group) is 1. The van der Waals surface area contributed by atoms with E-state index in [2.05, 4.69) is 27.0 Å². The van der Waals surface area contributed by atoms with Crippen molar-refractivity contribution in [2.24, 2.45) is 0 Å². The van der Waals surface area contributed by atoms with E-state index < -0.39 is 17.6 Å². The zero-order chi connectivity index (χ0) is 23.6. The summed E-state index contributed by atoms with van der Waals surface area (Å²) >= 11 is 1.82. The molecule has 2 N–H and O–H groups in total. The van der Waals surface area contributed by atoms with Crippen molar-refractivity contribution in [2.75, 3.05) is 18.6 Å². The number of carbonyl (C=O) groups is 2. The average molecular weight is 563 g/mol. The molecule has 174 valence electrons. The fraction of sp³-hybridized carbons (Fsp3) is 0.478. The molecule has 1 aliphatic carbocycles. The second-order valence-corrected chi connectivity index (χ2v) is 9.38. The van der Waals surface area contributed by atoms with Crippen LogP contribution in [0.25, 0.3) is 0 Å². The van der Waals surface area contributed by atoms with Gasteiger partial charge in [0.25, 0.3) is 5.91 Å². The summed E-state index contributed by atoms with van der Waals surface area (Å²) in [5.74, 6) is 6.56. The molecule has 2 aromatic rings. The molecule has 1 aromatic carbocycles. The molecule has 0 radical (unpaired) electrons. The Balaban J connectivity index is 1.54. The van der Waals surface area contributed by atoms with E-state index >= 15 is 0 Å².